The van der Waals surface area contributed by atoms with E-state index in [1.807, 2.05) is 20.8 Å². The number of hydrogen-bond acceptors (Lipinski definition) is 4. The Balaban J connectivity index is 2.07. The lowest BCUT2D eigenvalue weighted by atomic mass is 9.93. The Labute approximate surface area is 131 Å². The minimum atomic E-state index is -0.550. The van der Waals surface area contributed by atoms with Crippen molar-refractivity contribution < 1.29 is 14.3 Å². The van der Waals surface area contributed by atoms with Crippen LogP contribution >= 0.6 is 0 Å². The van der Waals surface area contributed by atoms with Crippen molar-refractivity contribution in [3.8, 4) is 0 Å². The highest BCUT2D eigenvalue weighted by molar-refractivity contribution is 6.11. The molecule has 1 atom stereocenters. The summed E-state index contributed by atoms with van der Waals surface area (Å²) in [6, 6.07) is 0. The fourth-order valence-corrected chi connectivity index (χ4v) is 2.56. The zero-order valence-electron chi connectivity index (χ0n) is 13.5. The Morgan fingerprint density at radius 3 is 2.77 bits per heavy atom. The highest BCUT2D eigenvalue weighted by Crippen LogP contribution is 2.23. The van der Waals surface area contributed by atoms with E-state index in [4.69, 9.17) is 4.74 Å². The second-order valence-corrected chi connectivity index (χ2v) is 6.67. The predicted octanol–water partition coefficient (Wildman–Crippen LogP) is 3.81. The SMILES string of the molecule is CC(C)(C)OC(=O)N1C=CN=C(C2CCCCCC2=O)C=C1. The summed E-state index contributed by atoms with van der Waals surface area (Å²) >= 11 is 0. The van der Waals surface area contributed by atoms with Crippen molar-refractivity contribution in [3.63, 3.8) is 0 Å². The van der Waals surface area contributed by atoms with Gasteiger partial charge in [-0.05, 0) is 39.7 Å². The van der Waals surface area contributed by atoms with Gasteiger partial charge < -0.3 is 4.74 Å². The zero-order valence-corrected chi connectivity index (χ0v) is 13.5. The molecule has 5 heteroatoms. The molecule has 0 radical (unpaired) electrons. The number of aliphatic imine (C=N–C) groups is 1. The third-order valence-corrected chi connectivity index (χ3v) is 3.62. The minimum absolute atomic E-state index is 0.151. The number of hydrogen-bond donors (Lipinski definition) is 0. The standard InChI is InChI=1S/C17H24N2O3/c1-17(2,3)22-16(21)19-11-9-14(18-10-12-19)13-7-5-4-6-8-15(13)20/h9-13H,4-8H2,1-3H3. The van der Waals surface area contributed by atoms with Gasteiger partial charge in [-0.25, -0.2) is 4.79 Å². The van der Waals surface area contributed by atoms with Crippen LogP contribution in [0.3, 0.4) is 0 Å². The summed E-state index contributed by atoms with van der Waals surface area (Å²) in [4.78, 5) is 29.9. The summed E-state index contributed by atoms with van der Waals surface area (Å²) in [5, 5.41) is 0. The van der Waals surface area contributed by atoms with Crippen LogP contribution in [0.1, 0.15) is 52.9 Å². The topological polar surface area (TPSA) is 59.0 Å². The third kappa shape index (κ3) is 4.55. The van der Waals surface area contributed by atoms with Crippen molar-refractivity contribution in [2.24, 2.45) is 10.9 Å². The number of rotatable bonds is 1. The minimum Gasteiger partial charge on any atom is -0.443 e. The molecule has 120 valence electrons. The van der Waals surface area contributed by atoms with Gasteiger partial charge in [0.25, 0.3) is 0 Å². The summed E-state index contributed by atoms with van der Waals surface area (Å²) in [6.07, 6.45) is 10.6. The van der Waals surface area contributed by atoms with E-state index in [-0.39, 0.29) is 11.7 Å². The fraction of sp³-hybridized carbons (Fsp3) is 0.588. The van der Waals surface area contributed by atoms with Gasteiger partial charge in [0.1, 0.15) is 11.4 Å². The van der Waals surface area contributed by atoms with E-state index in [9.17, 15) is 9.59 Å². The second-order valence-electron chi connectivity index (χ2n) is 6.67. The molecule has 1 unspecified atom stereocenters. The Kier molecular flexibility index (Phi) is 5.16. The summed E-state index contributed by atoms with van der Waals surface area (Å²) in [5.41, 5.74) is 0.181. The first-order valence-corrected chi connectivity index (χ1v) is 7.83. The molecule has 0 aromatic heterocycles. The predicted molar refractivity (Wildman–Crippen MR) is 85.4 cm³/mol. The van der Waals surface area contributed by atoms with Crippen LogP contribution in [0.4, 0.5) is 4.79 Å². The molecule has 0 spiro atoms. The molecule has 1 fully saturated rings. The van der Waals surface area contributed by atoms with Crippen LogP contribution in [0, 0.1) is 5.92 Å². The second kappa shape index (κ2) is 6.90. The summed E-state index contributed by atoms with van der Waals surface area (Å²) in [7, 11) is 0. The maximum absolute atomic E-state index is 12.2. The number of carbonyl (C=O) groups excluding carboxylic acids is 2. The van der Waals surface area contributed by atoms with E-state index < -0.39 is 11.7 Å². The molecule has 0 saturated heterocycles. The normalized spacial score (nSPS) is 22.9. The molecule has 2 aliphatic rings. The summed E-state index contributed by atoms with van der Waals surface area (Å²) < 4.78 is 5.32. The summed E-state index contributed by atoms with van der Waals surface area (Å²) in [6.45, 7) is 5.47. The fourth-order valence-electron chi connectivity index (χ4n) is 2.56. The van der Waals surface area contributed by atoms with E-state index in [1.54, 1.807) is 24.7 Å². The molecule has 1 amide bonds. The number of ketones is 1. The highest BCUT2D eigenvalue weighted by Gasteiger charge is 2.26. The molecule has 0 aromatic carbocycles. The Bertz CT molecular complexity index is 527. The molecule has 0 bridgehead atoms. The van der Waals surface area contributed by atoms with Gasteiger partial charge in [0.05, 0.1) is 11.6 Å². The maximum atomic E-state index is 12.2. The number of allylic oxidation sites excluding steroid dienone is 1. The number of ether oxygens (including phenoxy) is 1. The van der Waals surface area contributed by atoms with Crippen LogP contribution in [0.15, 0.2) is 29.7 Å². The molecule has 2 rings (SSSR count). The van der Waals surface area contributed by atoms with Crippen LogP contribution in [0.5, 0.6) is 0 Å². The van der Waals surface area contributed by atoms with Gasteiger partial charge in [0.15, 0.2) is 0 Å². The van der Waals surface area contributed by atoms with Crippen LogP contribution in [0.25, 0.3) is 0 Å². The number of amides is 1. The van der Waals surface area contributed by atoms with Gasteiger partial charge in [-0.2, -0.15) is 0 Å². The van der Waals surface area contributed by atoms with Crippen molar-refractivity contribution in [1.29, 1.82) is 0 Å². The zero-order chi connectivity index (χ0) is 16.2. The lowest BCUT2D eigenvalue weighted by Crippen LogP contribution is -2.30. The first kappa shape index (κ1) is 16.5. The molecule has 0 aromatic rings. The first-order chi connectivity index (χ1) is 10.4. The average molecular weight is 304 g/mol. The average Bonchev–Trinajstić information content (AvgIpc) is 2.76. The quantitative estimate of drug-likeness (QED) is 0.692. The van der Waals surface area contributed by atoms with E-state index in [1.165, 1.54) is 4.90 Å². The Morgan fingerprint density at radius 2 is 2.05 bits per heavy atom. The largest absolute Gasteiger partial charge is 0.443 e. The van der Waals surface area contributed by atoms with Gasteiger partial charge >= 0.3 is 6.09 Å². The number of nitrogens with zero attached hydrogens (tertiary/aromatic N) is 2. The lowest BCUT2D eigenvalue weighted by molar-refractivity contribution is -0.120. The van der Waals surface area contributed by atoms with Gasteiger partial charge in [-0.3, -0.25) is 14.7 Å². The van der Waals surface area contributed by atoms with Gasteiger partial charge in [-0.15, -0.1) is 0 Å². The number of Topliss-reactive ketones (excluding diaryl/α,β-unsaturated/α-hetero) is 1. The van der Waals surface area contributed by atoms with Gasteiger partial charge in [0, 0.05) is 25.0 Å². The van der Waals surface area contributed by atoms with E-state index >= 15 is 0 Å². The van der Waals surface area contributed by atoms with Gasteiger partial charge in [0.2, 0.25) is 0 Å². The molecule has 22 heavy (non-hydrogen) atoms. The third-order valence-electron chi connectivity index (χ3n) is 3.62. The smallest absolute Gasteiger partial charge is 0.418 e. The molecule has 1 heterocycles. The highest BCUT2D eigenvalue weighted by atomic mass is 16.6. The van der Waals surface area contributed by atoms with Gasteiger partial charge in [-0.1, -0.05) is 12.8 Å². The van der Waals surface area contributed by atoms with Crippen molar-refractivity contribution >= 4 is 17.6 Å². The maximum Gasteiger partial charge on any atom is 0.418 e. The lowest BCUT2D eigenvalue weighted by Gasteiger charge is -2.22. The van der Waals surface area contributed by atoms with E-state index in [0.29, 0.717) is 6.42 Å². The molecular weight excluding hydrogens is 280 g/mol. The van der Waals surface area contributed by atoms with Crippen molar-refractivity contribution in [2.75, 3.05) is 0 Å². The van der Waals surface area contributed by atoms with Crippen molar-refractivity contribution in [1.82, 2.24) is 4.90 Å². The Hall–Kier alpha value is -1.91. The Morgan fingerprint density at radius 1 is 1.27 bits per heavy atom. The van der Waals surface area contributed by atoms with Crippen LogP contribution < -0.4 is 0 Å². The van der Waals surface area contributed by atoms with Crippen LogP contribution in [-0.4, -0.2) is 28.1 Å². The first-order valence-electron chi connectivity index (χ1n) is 7.83. The van der Waals surface area contributed by atoms with Crippen LogP contribution in [-0.2, 0) is 9.53 Å². The number of carbonyl (C=O) groups is 2. The molecule has 1 saturated carbocycles. The molecule has 1 aliphatic heterocycles. The van der Waals surface area contributed by atoms with E-state index in [0.717, 1.165) is 31.4 Å². The van der Waals surface area contributed by atoms with Crippen LogP contribution in [0.2, 0.25) is 0 Å². The van der Waals surface area contributed by atoms with Crippen molar-refractivity contribution in [2.45, 2.75) is 58.5 Å². The monoisotopic (exact) mass is 304 g/mol. The van der Waals surface area contributed by atoms with Crippen molar-refractivity contribution in [3.05, 3.63) is 24.7 Å². The molecule has 0 N–H and O–H groups in total. The summed E-state index contributed by atoms with van der Waals surface area (Å²) in [5.74, 6) is 0.0991. The van der Waals surface area contributed by atoms with E-state index in [2.05, 4.69) is 4.99 Å². The molecular formula is C17H24N2O3. The molecule has 1 aliphatic carbocycles. The molecule has 5 nitrogen and oxygen atoms in total.